The largest absolute Gasteiger partial charge is 0.481 e. The first kappa shape index (κ1) is 13.1. The van der Waals surface area contributed by atoms with Crippen molar-refractivity contribution in [2.45, 2.75) is 45.3 Å². The number of carboxylic acids is 1. The molecule has 1 fully saturated rings. The predicted molar refractivity (Wildman–Crippen MR) is 71.4 cm³/mol. The fourth-order valence-corrected chi connectivity index (χ4v) is 3.24. The molecule has 1 saturated heterocycles. The topological polar surface area (TPSA) is 40.5 Å². The van der Waals surface area contributed by atoms with E-state index in [1.807, 2.05) is 25.1 Å². The number of hydrogen-bond acceptors (Lipinski definition) is 2. The number of rotatable bonds is 3. The summed E-state index contributed by atoms with van der Waals surface area (Å²) in [4.78, 5) is 13.6. The van der Waals surface area contributed by atoms with E-state index in [2.05, 4.69) is 30.9 Å². The minimum absolute atomic E-state index is 0.0905. The standard InChI is InChI=1S/C15H21NO2/c1-10-9-14(15(17)18)12(3)16(10)11(2)13-7-5-4-6-8-13/h4-8,10-12,14H,9H2,1-3H3,(H,17,18)/t10-,11-,12-,14-/m0/s1. The van der Waals surface area contributed by atoms with Gasteiger partial charge in [0.1, 0.15) is 0 Å². The lowest BCUT2D eigenvalue weighted by Crippen LogP contribution is -2.37. The van der Waals surface area contributed by atoms with Crippen LogP contribution in [0.25, 0.3) is 0 Å². The molecule has 0 aliphatic carbocycles. The highest BCUT2D eigenvalue weighted by molar-refractivity contribution is 5.71. The van der Waals surface area contributed by atoms with Crippen LogP contribution in [0.2, 0.25) is 0 Å². The van der Waals surface area contributed by atoms with E-state index >= 15 is 0 Å². The van der Waals surface area contributed by atoms with E-state index < -0.39 is 5.97 Å². The van der Waals surface area contributed by atoms with Gasteiger partial charge in [-0.1, -0.05) is 30.3 Å². The molecule has 0 aromatic heterocycles. The van der Waals surface area contributed by atoms with Crippen LogP contribution in [0.3, 0.4) is 0 Å². The highest BCUT2D eigenvalue weighted by Gasteiger charge is 2.42. The third-order valence-corrected chi connectivity index (χ3v) is 4.20. The molecule has 0 saturated carbocycles. The van der Waals surface area contributed by atoms with Gasteiger partial charge in [-0.3, -0.25) is 9.69 Å². The summed E-state index contributed by atoms with van der Waals surface area (Å²) in [6, 6.07) is 11.0. The molecule has 0 amide bonds. The van der Waals surface area contributed by atoms with Crippen molar-refractivity contribution >= 4 is 5.97 Å². The second-order valence-electron chi connectivity index (χ2n) is 5.30. The molecule has 3 heteroatoms. The maximum atomic E-state index is 11.2. The number of nitrogens with zero attached hydrogens (tertiary/aromatic N) is 1. The fraction of sp³-hybridized carbons (Fsp3) is 0.533. The summed E-state index contributed by atoms with van der Waals surface area (Å²) in [6.45, 7) is 6.31. The van der Waals surface area contributed by atoms with Gasteiger partial charge in [0.15, 0.2) is 0 Å². The second kappa shape index (κ2) is 5.11. The average molecular weight is 247 g/mol. The Kier molecular flexibility index (Phi) is 3.71. The molecule has 0 spiro atoms. The molecule has 98 valence electrons. The molecular formula is C15H21NO2. The van der Waals surface area contributed by atoms with Crippen molar-refractivity contribution in [3.8, 4) is 0 Å². The Labute approximate surface area is 108 Å². The Morgan fingerprint density at radius 1 is 1.33 bits per heavy atom. The lowest BCUT2D eigenvalue weighted by molar-refractivity contribution is -0.142. The van der Waals surface area contributed by atoms with Crippen LogP contribution in [0.5, 0.6) is 0 Å². The summed E-state index contributed by atoms with van der Waals surface area (Å²) in [5.74, 6) is -0.914. The van der Waals surface area contributed by atoms with Crippen molar-refractivity contribution in [3.63, 3.8) is 0 Å². The quantitative estimate of drug-likeness (QED) is 0.892. The van der Waals surface area contributed by atoms with E-state index in [1.165, 1.54) is 5.56 Å². The molecule has 0 unspecified atom stereocenters. The molecule has 0 radical (unpaired) electrons. The molecule has 1 N–H and O–H groups in total. The monoisotopic (exact) mass is 247 g/mol. The van der Waals surface area contributed by atoms with Gasteiger partial charge in [-0.2, -0.15) is 0 Å². The van der Waals surface area contributed by atoms with Crippen LogP contribution in [0.1, 0.15) is 38.8 Å². The van der Waals surface area contributed by atoms with Gasteiger partial charge in [0.25, 0.3) is 0 Å². The van der Waals surface area contributed by atoms with Crippen LogP contribution in [-0.2, 0) is 4.79 Å². The molecule has 3 nitrogen and oxygen atoms in total. The Morgan fingerprint density at radius 2 is 1.94 bits per heavy atom. The summed E-state index contributed by atoms with van der Waals surface area (Å²) in [5.41, 5.74) is 1.25. The third-order valence-electron chi connectivity index (χ3n) is 4.20. The zero-order valence-electron chi connectivity index (χ0n) is 11.2. The zero-order chi connectivity index (χ0) is 13.3. The van der Waals surface area contributed by atoms with E-state index in [0.717, 1.165) is 6.42 Å². The number of aliphatic carboxylic acids is 1. The number of benzene rings is 1. The minimum atomic E-state index is -0.669. The van der Waals surface area contributed by atoms with Crippen molar-refractivity contribution in [3.05, 3.63) is 35.9 Å². The van der Waals surface area contributed by atoms with E-state index in [0.29, 0.717) is 6.04 Å². The first-order valence-corrected chi connectivity index (χ1v) is 6.57. The number of hydrogen-bond donors (Lipinski definition) is 1. The molecule has 1 heterocycles. The van der Waals surface area contributed by atoms with E-state index in [9.17, 15) is 9.90 Å². The highest BCUT2D eigenvalue weighted by Crippen LogP contribution is 2.36. The summed E-state index contributed by atoms with van der Waals surface area (Å²) in [5, 5.41) is 9.24. The Morgan fingerprint density at radius 3 is 2.44 bits per heavy atom. The van der Waals surface area contributed by atoms with E-state index in [4.69, 9.17) is 0 Å². The normalized spacial score (nSPS) is 30.3. The first-order valence-electron chi connectivity index (χ1n) is 6.57. The minimum Gasteiger partial charge on any atom is -0.481 e. The van der Waals surface area contributed by atoms with Gasteiger partial charge in [-0.25, -0.2) is 0 Å². The maximum absolute atomic E-state index is 11.2. The summed E-state index contributed by atoms with van der Waals surface area (Å²) < 4.78 is 0. The van der Waals surface area contributed by atoms with Crippen molar-refractivity contribution in [1.29, 1.82) is 0 Å². The molecule has 0 bridgehead atoms. The Bertz CT molecular complexity index is 418. The van der Waals surface area contributed by atoms with Gasteiger partial charge in [0, 0.05) is 18.1 Å². The molecule has 1 aromatic rings. The summed E-state index contributed by atoms with van der Waals surface area (Å²) in [7, 11) is 0. The Balaban J connectivity index is 2.20. The van der Waals surface area contributed by atoms with Crippen molar-refractivity contribution in [2.24, 2.45) is 5.92 Å². The summed E-state index contributed by atoms with van der Waals surface area (Å²) in [6.07, 6.45) is 0.744. The van der Waals surface area contributed by atoms with Gasteiger partial charge >= 0.3 is 5.97 Å². The van der Waals surface area contributed by atoms with Crippen molar-refractivity contribution < 1.29 is 9.90 Å². The molecule has 1 aliphatic heterocycles. The van der Waals surface area contributed by atoms with Gasteiger partial charge in [-0.05, 0) is 32.8 Å². The van der Waals surface area contributed by atoms with Crippen LogP contribution in [0, 0.1) is 5.92 Å². The fourth-order valence-electron chi connectivity index (χ4n) is 3.24. The van der Waals surface area contributed by atoms with Crippen molar-refractivity contribution in [1.82, 2.24) is 4.90 Å². The molecule has 18 heavy (non-hydrogen) atoms. The van der Waals surface area contributed by atoms with Crippen LogP contribution < -0.4 is 0 Å². The van der Waals surface area contributed by atoms with Crippen LogP contribution in [-0.4, -0.2) is 28.1 Å². The smallest absolute Gasteiger partial charge is 0.308 e. The molecule has 1 aliphatic rings. The SMILES string of the molecule is C[C@H]1C[C@H](C(=O)O)[C@H](C)N1[C@@H](C)c1ccccc1. The molecule has 1 aromatic carbocycles. The highest BCUT2D eigenvalue weighted by atomic mass is 16.4. The maximum Gasteiger partial charge on any atom is 0.308 e. The number of carbonyl (C=O) groups is 1. The van der Waals surface area contributed by atoms with E-state index in [1.54, 1.807) is 0 Å². The summed E-state index contributed by atoms with van der Waals surface area (Å²) >= 11 is 0. The lowest BCUT2D eigenvalue weighted by Gasteiger charge is -2.33. The Hall–Kier alpha value is -1.35. The van der Waals surface area contributed by atoms with Gasteiger partial charge in [0.05, 0.1) is 5.92 Å². The lowest BCUT2D eigenvalue weighted by atomic mass is 10.0. The zero-order valence-corrected chi connectivity index (χ0v) is 11.2. The van der Waals surface area contributed by atoms with Crippen LogP contribution in [0.15, 0.2) is 30.3 Å². The first-order chi connectivity index (χ1) is 8.52. The number of carboxylic acid groups (broad SMARTS) is 1. The van der Waals surface area contributed by atoms with E-state index in [-0.39, 0.29) is 18.0 Å². The number of likely N-dealkylation sites (tertiary alicyclic amines) is 1. The molecule has 2 rings (SSSR count). The molecular weight excluding hydrogens is 226 g/mol. The van der Waals surface area contributed by atoms with Gasteiger partial charge in [0.2, 0.25) is 0 Å². The second-order valence-corrected chi connectivity index (χ2v) is 5.30. The average Bonchev–Trinajstić information content (AvgIpc) is 2.65. The van der Waals surface area contributed by atoms with Crippen LogP contribution >= 0.6 is 0 Å². The van der Waals surface area contributed by atoms with Crippen LogP contribution in [0.4, 0.5) is 0 Å². The van der Waals surface area contributed by atoms with Gasteiger partial charge < -0.3 is 5.11 Å². The third kappa shape index (κ3) is 2.27. The predicted octanol–water partition coefficient (Wildman–Crippen LogP) is 2.93. The van der Waals surface area contributed by atoms with Crippen molar-refractivity contribution in [2.75, 3.05) is 0 Å². The molecule has 4 atom stereocenters. The van der Waals surface area contributed by atoms with Gasteiger partial charge in [-0.15, -0.1) is 0 Å².